The Labute approximate surface area is 104 Å². The van der Waals surface area contributed by atoms with Crippen molar-refractivity contribution in [2.75, 3.05) is 0 Å². The van der Waals surface area contributed by atoms with E-state index in [-0.39, 0.29) is 5.56 Å². The molecule has 1 aromatic heterocycles. The molecule has 0 amide bonds. The third-order valence-electron chi connectivity index (χ3n) is 2.54. The van der Waals surface area contributed by atoms with Crippen molar-refractivity contribution in [1.29, 1.82) is 0 Å². The molecule has 96 valence electrons. The Hall–Kier alpha value is -1.75. The summed E-state index contributed by atoms with van der Waals surface area (Å²) in [7, 11) is 0. The Morgan fingerprint density at radius 3 is 2.50 bits per heavy atom. The van der Waals surface area contributed by atoms with Gasteiger partial charge in [-0.05, 0) is 12.5 Å². The number of hydrogen-bond acceptors (Lipinski definition) is 3. The lowest BCUT2D eigenvalue weighted by Gasteiger charge is -2.04. The lowest BCUT2D eigenvalue weighted by molar-refractivity contribution is 0.151. The summed E-state index contributed by atoms with van der Waals surface area (Å²) in [6.07, 6.45) is -2.41. The Morgan fingerprint density at radius 1 is 1.22 bits per heavy atom. The number of halogens is 2. The van der Waals surface area contributed by atoms with Crippen LogP contribution in [0.5, 0.6) is 0 Å². The summed E-state index contributed by atoms with van der Waals surface area (Å²) >= 11 is 0. The normalized spacial score (nSPS) is 11.1. The van der Waals surface area contributed by atoms with Crippen LogP contribution in [0.25, 0.3) is 0 Å². The van der Waals surface area contributed by atoms with Gasteiger partial charge in [0.1, 0.15) is 0 Å². The molecule has 0 unspecified atom stereocenters. The van der Waals surface area contributed by atoms with Crippen molar-refractivity contribution in [2.45, 2.75) is 26.4 Å². The van der Waals surface area contributed by atoms with Gasteiger partial charge in [0.05, 0.1) is 12.2 Å². The predicted octanol–water partition coefficient (Wildman–Crippen LogP) is 3.21. The number of aryl methyl sites for hydroxylation is 1. The van der Waals surface area contributed by atoms with Gasteiger partial charge >= 0.3 is 0 Å². The molecule has 0 spiro atoms. The van der Waals surface area contributed by atoms with Gasteiger partial charge in [-0.3, -0.25) is 0 Å². The molecule has 18 heavy (non-hydrogen) atoms. The van der Waals surface area contributed by atoms with Crippen LogP contribution < -0.4 is 5.32 Å². The molecule has 1 N–H and O–H groups in total. The SMILES string of the molecule is Cc1cc(CNCc2ccc(C(F)F)cc2)on1. The van der Waals surface area contributed by atoms with Gasteiger partial charge in [0.25, 0.3) is 6.43 Å². The second-order valence-electron chi connectivity index (χ2n) is 4.08. The average Bonchev–Trinajstić information content (AvgIpc) is 2.76. The van der Waals surface area contributed by atoms with Crippen molar-refractivity contribution >= 4 is 0 Å². The van der Waals surface area contributed by atoms with Crippen LogP contribution in [-0.4, -0.2) is 5.16 Å². The number of nitrogens with one attached hydrogen (secondary N) is 1. The molecule has 0 saturated heterocycles. The summed E-state index contributed by atoms with van der Waals surface area (Å²) in [6, 6.07) is 8.13. The molecule has 1 aromatic carbocycles. The highest BCUT2D eigenvalue weighted by Crippen LogP contribution is 2.18. The predicted molar refractivity (Wildman–Crippen MR) is 63.2 cm³/mol. The monoisotopic (exact) mass is 252 g/mol. The van der Waals surface area contributed by atoms with Crippen LogP contribution in [0, 0.1) is 6.92 Å². The van der Waals surface area contributed by atoms with Crippen LogP contribution >= 0.6 is 0 Å². The third-order valence-corrected chi connectivity index (χ3v) is 2.54. The molecule has 0 aliphatic carbocycles. The molecule has 0 radical (unpaired) electrons. The van der Waals surface area contributed by atoms with Gasteiger partial charge < -0.3 is 9.84 Å². The Morgan fingerprint density at radius 2 is 1.94 bits per heavy atom. The molecule has 5 heteroatoms. The fourth-order valence-corrected chi connectivity index (χ4v) is 1.61. The average molecular weight is 252 g/mol. The molecule has 1 heterocycles. The number of nitrogens with zero attached hydrogens (tertiary/aromatic N) is 1. The van der Waals surface area contributed by atoms with E-state index in [1.54, 1.807) is 12.1 Å². The molecule has 3 nitrogen and oxygen atoms in total. The largest absolute Gasteiger partial charge is 0.360 e. The quantitative estimate of drug-likeness (QED) is 0.888. The van der Waals surface area contributed by atoms with Crippen LogP contribution in [0.1, 0.15) is 29.0 Å². The molecule has 0 aliphatic heterocycles. The van der Waals surface area contributed by atoms with Crippen LogP contribution in [0.2, 0.25) is 0 Å². The third kappa shape index (κ3) is 3.37. The Bertz CT molecular complexity index is 494. The second-order valence-corrected chi connectivity index (χ2v) is 4.08. The summed E-state index contributed by atoms with van der Waals surface area (Å²) < 4.78 is 29.7. The first-order valence-electron chi connectivity index (χ1n) is 5.65. The van der Waals surface area contributed by atoms with E-state index in [9.17, 15) is 8.78 Å². The van der Waals surface area contributed by atoms with Gasteiger partial charge in [-0.15, -0.1) is 0 Å². The molecular formula is C13H14F2N2O. The second kappa shape index (κ2) is 5.73. The number of rotatable bonds is 5. The number of benzene rings is 1. The first-order chi connectivity index (χ1) is 8.65. The molecule has 2 rings (SSSR count). The van der Waals surface area contributed by atoms with Gasteiger partial charge in [-0.25, -0.2) is 8.78 Å². The van der Waals surface area contributed by atoms with Gasteiger partial charge in [0, 0.05) is 18.2 Å². The molecule has 0 fully saturated rings. The van der Waals surface area contributed by atoms with Crippen molar-refractivity contribution in [3.63, 3.8) is 0 Å². The first kappa shape index (κ1) is 12.7. The van der Waals surface area contributed by atoms with E-state index in [1.165, 1.54) is 12.1 Å². The minimum absolute atomic E-state index is 0.0459. The van der Waals surface area contributed by atoms with E-state index < -0.39 is 6.43 Å². The smallest absolute Gasteiger partial charge is 0.263 e. The molecule has 0 saturated carbocycles. The maximum Gasteiger partial charge on any atom is 0.263 e. The molecule has 0 bridgehead atoms. The number of hydrogen-bond donors (Lipinski definition) is 1. The fraction of sp³-hybridized carbons (Fsp3) is 0.308. The van der Waals surface area contributed by atoms with Gasteiger partial charge in [0.15, 0.2) is 5.76 Å². The highest BCUT2D eigenvalue weighted by Gasteiger charge is 2.05. The fourth-order valence-electron chi connectivity index (χ4n) is 1.61. The zero-order valence-corrected chi connectivity index (χ0v) is 9.99. The van der Waals surface area contributed by atoms with E-state index >= 15 is 0 Å². The molecule has 0 aliphatic rings. The van der Waals surface area contributed by atoms with Crippen molar-refractivity contribution < 1.29 is 13.3 Å². The number of alkyl halides is 2. The standard InChI is InChI=1S/C13H14F2N2O/c1-9-6-12(18-17-9)8-16-7-10-2-4-11(5-3-10)13(14)15/h2-6,13,16H,7-8H2,1H3. The molecule has 2 aromatic rings. The summed E-state index contributed by atoms with van der Waals surface area (Å²) in [5, 5.41) is 6.93. The maximum atomic E-state index is 12.3. The Kier molecular flexibility index (Phi) is 4.04. The van der Waals surface area contributed by atoms with Gasteiger partial charge in [0.2, 0.25) is 0 Å². The lowest BCUT2D eigenvalue weighted by Crippen LogP contribution is -2.12. The number of aromatic nitrogens is 1. The van der Waals surface area contributed by atoms with Crippen LogP contribution in [-0.2, 0) is 13.1 Å². The highest BCUT2D eigenvalue weighted by atomic mass is 19.3. The lowest BCUT2D eigenvalue weighted by atomic mass is 10.1. The van der Waals surface area contributed by atoms with Gasteiger partial charge in [-0.1, -0.05) is 29.4 Å². The minimum atomic E-state index is -2.41. The van der Waals surface area contributed by atoms with Crippen molar-refractivity contribution in [1.82, 2.24) is 10.5 Å². The van der Waals surface area contributed by atoms with Crippen molar-refractivity contribution in [2.24, 2.45) is 0 Å². The Balaban J connectivity index is 1.83. The summed E-state index contributed by atoms with van der Waals surface area (Å²) in [5.74, 6) is 0.761. The van der Waals surface area contributed by atoms with E-state index in [4.69, 9.17) is 4.52 Å². The topological polar surface area (TPSA) is 38.1 Å². The summed E-state index contributed by atoms with van der Waals surface area (Å²) in [5.41, 5.74) is 1.84. The van der Waals surface area contributed by atoms with Crippen LogP contribution in [0.4, 0.5) is 8.78 Å². The van der Waals surface area contributed by atoms with Crippen molar-refractivity contribution in [3.8, 4) is 0 Å². The molecular weight excluding hydrogens is 238 g/mol. The van der Waals surface area contributed by atoms with E-state index in [0.29, 0.717) is 13.1 Å². The highest BCUT2D eigenvalue weighted by molar-refractivity contribution is 5.23. The summed E-state index contributed by atoms with van der Waals surface area (Å²) in [6.45, 7) is 3.02. The molecule has 0 atom stereocenters. The maximum absolute atomic E-state index is 12.3. The first-order valence-corrected chi connectivity index (χ1v) is 5.65. The summed E-state index contributed by atoms with van der Waals surface area (Å²) in [4.78, 5) is 0. The van der Waals surface area contributed by atoms with Crippen LogP contribution in [0.3, 0.4) is 0 Å². The minimum Gasteiger partial charge on any atom is -0.360 e. The zero-order chi connectivity index (χ0) is 13.0. The van der Waals surface area contributed by atoms with E-state index in [1.807, 2.05) is 13.0 Å². The van der Waals surface area contributed by atoms with Gasteiger partial charge in [-0.2, -0.15) is 0 Å². The van der Waals surface area contributed by atoms with E-state index in [0.717, 1.165) is 17.0 Å². The van der Waals surface area contributed by atoms with E-state index in [2.05, 4.69) is 10.5 Å². The van der Waals surface area contributed by atoms with Crippen molar-refractivity contribution in [3.05, 3.63) is 52.9 Å². The van der Waals surface area contributed by atoms with Crippen LogP contribution in [0.15, 0.2) is 34.9 Å². The zero-order valence-electron chi connectivity index (χ0n) is 9.99.